The van der Waals surface area contributed by atoms with Crippen LogP contribution in [0.15, 0.2) is 70.4 Å². The van der Waals surface area contributed by atoms with Crippen molar-refractivity contribution in [2.45, 2.75) is 11.4 Å². The van der Waals surface area contributed by atoms with Crippen LogP contribution >= 0.6 is 11.6 Å². The molecule has 1 heterocycles. The number of nitrogens with zero attached hydrogens (tertiary/aromatic N) is 2. The van der Waals surface area contributed by atoms with Gasteiger partial charge in [-0.1, -0.05) is 23.7 Å². The van der Waals surface area contributed by atoms with Gasteiger partial charge in [-0.25, -0.2) is 22.2 Å². The Morgan fingerprint density at radius 3 is 2.33 bits per heavy atom. The van der Waals surface area contributed by atoms with Gasteiger partial charge in [0.25, 0.3) is 5.56 Å². The van der Waals surface area contributed by atoms with Gasteiger partial charge in [0.1, 0.15) is 5.82 Å². The van der Waals surface area contributed by atoms with Crippen molar-refractivity contribution in [1.82, 2.24) is 14.5 Å². The zero-order chi connectivity index (χ0) is 19.4. The van der Waals surface area contributed by atoms with Gasteiger partial charge in [0, 0.05) is 23.2 Å². The first-order valence-corrected chi connectivity index (χ1v) is 9.81. The van der Waals surface area contributed by atoms with Gasteiger partial charge in [0.15, 0.2) is 0 Å². The minimum atomic E-state index is -3.80. The third-order valence-corrected chi connectivity index (χ3v) is 5.48. The fourth-order valence-electron chi connectivity index (χ4n) is 2.37. The summed E-state index contributed by atoms with van der Waals surface area (Å²) in [6.07, 6.45) is 0. The van der Waals surface area contributed by atoms with E-state index in [2.05, 4.69) is 9.82 Å². The van der Waals surface area contributed by atoms with Crippen LogP contribution in [0.3, 0.4) is 0 Å². The minimum absolute atomic E-state index is 0.0423. The van der Waals surface area contributed by atoms with E-state index in [0.29, 0.717) is 10.7 Å². The summed E-state index contributed by atoms with van der Waals surface area (Å²) in [4.78, 5) is 11.9. The highest BCUT2D eigenvalue weighted by atomic mass is 35.5. The molecular weight excluding hydrogens is 393 g/mol. The third kappa shape index (κ3) is 4.79. The lowest BCUT2D eigenvalue weighted by Crippen LogP contribution is -2.32. The van der Waals surface area contributed by atoms with E-state index in [1.165, 1.54) is 22.9 Å². The number of halogens is 2. The quantitative estimate of drug-likeness (QED) is 0.681. The lowest BCUT2D eigenvalue weighted by Gasteiger charge is -2.09. The van der Waals surface area contributed by atoms with Gasteiger partial charge in [-0.3, -0.25) is 4.79 Å². The molecule has 0 saturated carbocycles. The highest BCUT2D eigenvalue weighted by Crippen LogP contribution is 2.18. The summed E-state index contributed by atoms with van der Waals surface area (Å²) >= 11 is 5.86. The normalized spacial score (nSPS) is 11.5. The molecule has 0 aliphatic carbocycles. The van der Waals surface area contributed by atoms with Crippen molar-refractivity contribution in [3.05, 3.63) is 81.9 Å². The zero-order valence-electron chi connectivity index (χ0n) is 14.0. The van der Waals surface area contributed by atoms with Crippen molar-refractivity contribution < 1.29 is 12.8 Å². The van der Waals surface area contributed by atoms with Crippen LogP contribution in [0.25, 0.3) is 11.3 Å². The molecule has 2 aromatic carbocycles. The molecule has 3 aromatic rings. The van der Waals surface area contributed by atoms with E-state index in [1.807, 2.05) is 0 Å². The van der Waals surface area contributed by atoms with E-state index in [0.717, 1.165) is 17.7 Å². The summed E-state index contributed by atoms with van der Waals surface area (Å²) in [6.45, 7) is -0.00260. The van der Waals surface area contributed by atoms with E-state index in [1.54, 1.807) is 30.3 Å². The maximum atomic E-state index is 12.9. The van der Waals surface area contributed by atoms with Gasteiger partial charge in [0.05, 0.1) is 17.1 Å². The lowest BCUT2D eigenvalue weighted by molar-refractivity contribution is 0.548. The van der Waals surface area contributed by atoms with Crippen LogP contribution in [0.4, 0.5) is 4.39 Å². The van der Waals surface area contributed by atoms with Gasteiger partial charge in [-0.2, -0.15) is 5.10 Å². The molecule has 0 radical (unpaired) electrons. The summed E-state index contributed by atoms with van der Waals surface area (Å²) in [7, 11) is -3.80. The maximum Gasteiger partial charge on any atom is 0.266 e. The number of benzene rings is 2. The first kappa shape index (κ1) is 19.2. The largest absolute Gasteiger partial charge is 0.268 e. The summed E-state index contributed by atoms with van der Waals surface area (Å²) in [5.74, 6) is -0.524. The molecule has 0 unspecified atom stereocenters. The summed E-state index contributed by atoms with van der Waals surface area (Å²) in [5, 5.41) is 4.84. The van der Waals surface area contributed by atoms with E-state index in [4.69, 9.17) is 11.6 Å². The van der Waals surface area contributed by atoms with Gasteiger partial charge >= 0.3 is 0 Å². The Labute approximate surface area is 160 Å². The molecule has 9 heteroatoms. The van der Waals surface area contributed by atoms with Crippen molar-refractivity contribution in [2.75, 3.05) is 6.54 Å². The molecule has 0 amide bonds. The third-order valence-electron chi connectivity index (χ3n) is 3.75. The van der Waals surface area contributed by atoms with E-state index in [-0.39, 0.29) is 23.5 Å². The smallest absolute Gasteiger partial charge is 0.266 e. The van der Waals surface area contributed by atoms with Crippen molar-refractivity contribution >= 4 is 21.6 Å². The van der Waals surface area contributed by atoms with Crippen LogP contribution in [-0.2, 0) is 16.6 Å². The Kier molecular flexibility index (Phi) is 5.69. The van der Waals surface area contributed by atoms with Crippen molar-refractivity contribution in [3.63, 3.8) is 0 Å². The zero-order valence-corrected chi connectivity index (χ0v) is 15.5. The molecule has 3 rings (SSSR count). The Balaban J connectivity index is 1.72. The average Bonchev–Trinajstić information content (AvgIpc) is 2.64. The van der Waals surface area contributed by atoms with Gasteiger partial charge in [-0.05, 0) is 42.5 Å². The molecule has 1 aromatic heterocycles. The summed E-state index contributed by atoms with van der Waals surface area (Å²) < 4.78 is 40.8. The van der Waals surface area contributed by atoms with Crippen LogP contribution in [0.2, 0.25) is 5.02 Å². The monoisotopic (exact) mass is 407 g/mol. The molecular formula is C18H15ClFN3O3S. The first-order chi connectivity index (χ1) is 12.8. The van der Waals surface area contributed by atoms with E-state index < -0.39 is 15.8 Å². The predicted octanol–water partition coefficient (Wildman–Crippen LogP) is 2.68. The molecule has 0 bridgehead atoms. The Bertz CT molecular complexity index is 1100. The maximum absolute atomic E-state index is 12.9. The standard InChI is InChI=1S/C18H15ClFN3O3S/c19-14-3-1-13(2-4-14)17-9-10-18(24)23(22-17)12-11-21-27(25,26)16-7-5-15(20)6-8-16/h1-10,21H,11-12H2. The second kappa shape index (κ2) is 7.99. The average molecular weight is 408 g/mol. The van der Waals surface area contributed by atoms with Gasteiger partial charge < -0.3 is 0 Å². The fraction of sp³-hybridized carbons (Fsp3) is 0.111. The molecule has 6 nitrogen and oxygen atoms in total. The topological polar surface area (TPSA) is 81.1 Å². The highest BCUT2D eigenvalue weighted by Gasteiger charge is 2.13. The number of aromatic nitrogens is 2. The molecule has 1 N–H and O–H groups in total. The van der Waals surface area contributed by atoms with Crippen LogP contribution in [0.5, 0.6) is 0 Å². The molecule has 0 aliphatic heterocycles. The molecule has 27 heavy (non-hydrogen) atoms. The van der Waals surface area contributed by atoms with Crippen molar-refractivity contribution in [3.8, 4) is 11.3 Å². The second-order valence-corrected chi connectivity index (χ2v) is 7.84. The Morgan fingerprint density at radius 1 is 1.00 bits per heavy atom. The molecule has 0 fully saturated rings. The molecule has 0 spiro atoms. The second-order valence-electron chi connectivity index (χ2n) is 5.64. The van der Waals surface area contributed by atoms with Crippen LogP contribution < -0.4 is 10.3 Å². The fourth-order valence-corrected chi connectivity index (χ4v) is 3.51. The van der Waals surface area contributed by atoms with E-state index >= 15 is 0 Å². The number of hydrogen-bond donors (Lipinski definition) is 1. The SMILES string of the molecule is O=c1ccc(-c2ccc(Cl)cc2)nn1CCNS(=O)(=O)c1ccc(F)cc1. The number of nitrogens with one attached hydrogen (secondary N) is 1. The Hall–Kier alpha value is -2.55. The molecule has 0 atom stereocenters. The van der Waals surface area contributed by atoms with Crippen LogP contribution in [-0.4, -0.2) is 24.7 Å². The molecule has 140 valence electrons. The number of hydrogen-bond acceptors (Lipinski definition) is 4. The lowest BCUT2D eigenvalue weighted by atomic mass is 10.1. The van der Waals surface area contributed by atoms with Crippen molar-refractivity contribution in [2.24, 2.45) is 0 Å². The number of sulfonamides is 1. The number of rotatable bonds is 6. The molecule has 0 aliphatic rings. The van der Waals surface area contributed by atoms with Crippen molar-refractivity contribution in [1.29, 1.82) is 0 Å². The highest BCUT2D eigenvalue weighted by molar-refractivity contribution is 7.89. The first-order valence-electron chi connectivity index (χ1n) is 7.94. The summed E-state index contributed by atoms with van der Waals surface area (Å²) in [6, 6.07) is 14.4. The summed E-state index contributed by atoms with van der Waals surface area (Å²) in [5.41, 5.74) is 0.987. The molecule has 0 saturated heterocycles. The predicted molar refractivity (Wildman–Crippen MR) is 101 cm³/mol. The van der Waals surface area contributed by atoms with Gasteiger partial charge in [0.2, 0.25) is 10.0 Å². The van der Waals surface area contributed by atoms with Crippen LogP contribution in [0.1, 0.15) is 0 Å². The van der Waals surface area contributed by atoms with Crippen LogP contribution in [0, 0.1) is 5.82 Å². The Morgan fingerprint density at radius 2 is 1.67 bits per heavy atom. The van der Waals surface area contributed by atoms with Gasteiger partial charge in [-0.15, -0.1) is 0 Å². The van der Waals surface area contributed by atoms with E-state index in [9.17, 15) is 17.6 Å². The minimum Gasteiger partial charge on any atom is -0.268 e.